The van der Waals surface area contributed by atoms with Crippen molar-refractivity contribution in [1.82, 2.24) is 15.1 Å². The molecule has 1 atom stereocenters. The lowest BCUT2D eigenvalue weighted by Gasteiger charge is -2.40. The maximum absolute atomic E-state index is 12.7. The topological polar surface area (TPSA) is 61.9 Å². The Morgan fingerprint density at radius 1 is 1.04 bits per heavy atom. The van der Waals surface area contributed by atoms with Gasteiger partial charge in [0.05, 0.1) is 13.2 Å². The number of carbonyl (C=O) groups excluding carboxylic acids is 2. The van der Waals surface area contributed by atoms with Crippen LogP contribution in [0.5, 0.6) is 0 Å². The number of nitrogens with one attached hydrogen (secondary N) is 1. The minimum absolute atomic E-state index is 0.0139. The van der Waals surface area contributed by atoms with Crippen molar-refractivity contribution in [2.24, 2.45) is 16.7 Å². The van der Waals surface area contributed by atoms with Gasteiger partial charge in [-0.25, -0.2) is 0 Å². The first-order chi connectivity index (χ1) is 12.1. The predicted octanol–water partition coefficient (Wildman–Crippen LogP) is 1.75. The van der Waals surface area contributed by atoms with Crippen molar-refractivity contribution in [3.8, 4) is 0 Å². The highest BCUT2D eigenvalue weighted by atomic mass is 16.5. The van der Waals surface area contributed by atoms with Gasteiger partial charge in [-0.1, -0.05) is 34.6 Å². The van der Waals surface area contributed by atoms with Gasteiger partial charge >= 0.3 is 0 Å². The molecule has 0 bridgehead atoms. The molecule has 6 nitrogen and oxygen atoms in total. The van der Waals surface area contributed by atoms with Crippen LogP contribution in [0.1, 0.15) is 47.5 Å². The van der Waals surface area contributed by atoms with E-state index in [1.807, 2.05) is 0 Å². The molecule has 1 unspecified atom stereocenters. The van der Waals surface area contributed by atoms with Gasteiger partial charge < -0.3 is 10.1 Å². The summed E-state index contributed by atoms with van der Waals surface area (Å²) in [7, 11) is 0. The van der Waals surface area contributed by atoms with Gasteiger partial charge in [-0.2, -0.15) is 0 Å². The molecule has 2 aliphatic heterocycles. The van der Waals surface area contributed by atoms with E-state index in [1.165, 1.54) is 4.90 Å². The number of likely N-dealkylation sites (tertiary alicyclic amines) is 1. The highest BCUT2D eigenvalue weighted by Crippen LogP contribution is 2.44. The highest BCUT2D eigenvalue weighted by Gasteiger charge is 2.43. The fraction of sp³-hybridized carbons (Fsp3) is 0.900. The van der Waals surface area contributed by atoms with Crippen molar-refractivity contribution in [3.63, 3.8) is 0 Å². The fourth-order valence-electron chi connectivity index (χ4n) is 3.45. The predicted molar refractivity (Wildman–Crippen MR) is 103 cm³/mol. The third kappa shape index (κ3) is 5.51. The van der Waals surface area contributed by atoms with Crippen LogP contribution in [0.25, 0.3) is 0 Å². The molecule has 0 aromatic heterocycles. The van der Waals surface area contributed by atoms with Crippen molar-refractivity contribution in [1.29, 1.82) is 0 Å². The lowest BCUT2D eigenvalue weighted by atomic mass is 9.65. The van der Waals surface area contributed by atoms with E-state index < -0.39 is 0 Å². The van der Waals surface area contributed by atoms with Gasteiger partial charge in [-0.05, 0) is 17.3 Å². The van der Waals surface area contributed by atoms with Gasteiger partial charge in [-0.3, -0.25) is 19.4 Å². The van der Waals surface area contributed by atoms with Crippen LogP contribution in [-0.2, 0) is 14.3 Å². The molecule has 0 saturated carbocycles. The normalized spacial score (nSPS) is 23.1. The van der Waals surface area contributed by atoms with Crippen molar-refractivity contribution in [2.45, 2.75) is 47.5 Å². The second-order valence-corrected chi connectivity index (χ2v) is 9.33. The van der Waals surface area contributed by atoms with E-state index in [9.17, 15) is 9.59 Å². The van der Waals surface area contributed by atoms with Crippen LogP contribution in [0.2, 0.25) is 0 Å². The second-order valence-electron chi connectivity index (χ2n) is 9.33. The zero-order valence-corrected chi connectivity index (χ0v) is 17.3. The number of hydrogen-bond donors (Lipinski definition) is 1. The van der Waals surface area contributed by atoms with Crippen molar-refractivity contribution in [2.75, 3.05) is 52.5 Å². The molecule has 0 radical (unpaired) electrons. The number of hydrogen-bond acceptors (Lipinski definition) is 5. The molecule has 26 heavy (non-hydrogen) atoms. The van der Waals surface area contributed by atoms with Crippen LogP contribution in [0, 0.1) is 16.7 Å². The average molecular weight is 368 g/mol. The Labute approximate surface area is 158 Å². The summed E-state index contributed by atoms with van der Waals surface area (Å²) in [6.07, 6.45) is 1.13. The molecule has 0 aromatic carbocycles. The van der Waals surface area contributed by atoms with Crippen LogP contribution in [0.3, 0.4) is 0 Å². The molecule has 2 aliphatic rings. The zero-order chi connectivity index (χ0) is 19.4. The fourth-order valence-corrected chi connectivity index (χ4v) is 3.45. The minimum atomic E-state index is -0.162. The SMILES string of the molecule is CC(C)(C)C(C)(C)CC1CC(=O)N(CCNCCN2CCOCC2)C1=O. The molecule has 2 amide bonds. The first-order valence-electron chi connectivity index (χ1n) is 9.97. The summed E-state index contributed by atoms with van der Waals surface area (Å²) in [5.74, 6) is -0.160. The van der Waals surface area contributed by atoms with Crippen molar-refractivity contribution in [3.05, 3.63) is 0 Å². The summed E-state index contributed by atoms with van der Waals surface area (Å²) >= 11 is 0. The van der Waals surface area contributed by atoms with Crippen LogP contribution in [0.15, 0.2) is 0 Å². The molecular weight excluding hydrogens is 330 g/mol. The summed E-state index contributed by atoms with van der Waals surface area (Å²) in [6.45, 7) is 17.6. The molecule has 2 heterocycles. The quantitative estimate of drug-likeness (QED) is 0.523. The number of morpholine rings is 1. The molecular formula is C20H37N3O3. The van der Waals surface area contributed by atoms with E-state index >= 15 is 0 Å². The molecule has 2 saturated heterocycles. The van der Waals surface area contributed by atoms with E-state index in [4.69, 9.17) is 4.74 Å². The van der Waals surface area contributed by atoms with Crippen LogP contribution in [0.4, 0.5) is 0 Å². The van der Waals surface area contributed by atoms with Crippen molar-refractivity contribution < 1.29 is 14.3 Å². The molecule has 2 fully saturated rings. The monoisotopic (exact) mass is 367 g/mol. The Kier molecular flexibility index (Phi) is 7.22. The molecule has 0 spiro atoms. The first kappa shape index (κ1) is 21.3. The van der Waals surface area contributed by atoms with Gasteiger partial charge in [0.1, 0.15) is 0 Å². The second kappa shape index (κ2) is 8.81. The third-order valence-corrected chi connectivity index (χ3v) is 6.35. The lowest BCUT2D eigenvalue weighted by Crippen LogP contribution is -2.42. The Morgan fingerprint density at radius 3 is 2.27 bits per heavy atom. The van der Waals surface area contributed by atoms with Crippen molar-refractivity contribution >= 4 is 11.8 Å². The maximum Gasteiger partial charge on any atom is 0.232 e. The Morgan fingerprint density at radius 2 is 1.65 bits per heavy atom. The molecule has 6 heteroatoms. The van der Waals surface area contributed by atoms with E-state index in [1.54, 1.807) is 0 Å². The lowest BCUT2D eigenvalue weighted by molar-refractivity contribution is -0.139. The zero-order valence-electron chi connectivity index (χ0n) is 17.3. The van der Waals surface area contributed by atoms with Gasteiger partial charge in [0.15, 0.2) is 0 Å². The average Bonchev–Trinajstić information content (AvgIpc) is 2.81. The summed E-state index contributed by atoms with van der Waals surface area (Å²) in [6, 6.07) is 0. The number of amides is 2. The van der Waals surface area contributed by atoms with E-state index in [-0.39, 0.29) is 28.6 Å². The maximum atomic E-state index is 12.7. The van der Waals surface area contributed by atoms with E-state index in [0.29, 0.717) is 19.5 Å². The van der Waals surface area contributed by atoms with Gasteiger partial charge in [0, 0.05) is 51.6 Å². The first-order valence-corrected chi connectivity index (χ1v) is 9.97. The van der Waals surface area contributed by atoms with Gasteiger partial charge in [0.25, 0.3) is 0 Å². The largest absolute Gasteiger partial charge is 0.379 e. The Hall–Kier alpha value is -0.980. The van der Waals surface area contributed by atoms with Gasteiger partial charge in [0.2, 0.25) is 11.8 Å². The number of carbonyl (C=O) groups is 2. The highest BCUT2D eigenvalue weighted by molar-refractivity contribution is 6.03. The van der Waals surface area contributed by atoms with E-state index in [2.05, 4.69) is 44.8 Å². The molecule has 2 rings (SSSR count). The number of imide groups is 1. The van der Waals surface area contributed by atoms with Crippen LogP contribution in [-0.4, -0.2) is 74.1 Å². The Bertz CT molecular complexity index is 493. The number of ether oxygens (including phenoxy) is 1. The minimum Gasteiger partial charge on any atom is -0.379 e. The number of rotatable bonds is 8. The summed E-state index contributed by atoms with van der Waals surface area (Å²) in [5.41, 5.74) is 0.116. The van der Waals surface area contributed by atoms with Crippen LogP contribution < -0.4 is 5.32 Å². The van der Waals surface area contributed by atoms with E-state index in [0.717, 1.165) is 45.8 Å². The summed E-state index contributed by atoms with van der Waals surface area (Å²) < 4.78 is 5.34. The Balaban J connectivity index is 1.72. The summed E-state index contributed by atoms with van der Waals surface area (Å²) in [5, 5.41) is 3.36. The smallest absolute Gasteiger partial charge is 0.232 e. The molecule has 0 aliphatic carbocycles. The number of nitrogens with zero attached hydrogens (tertiary/aromatic N) is 2. The van der Waals surface area contributed by atoms with Gasteiger partial charge in [-0.15, -0.1) is 0 Å². The molecule has 1 N–H and O–H groups in total. The van der Waals surface area contributed by atoms with Crippen LogP contribution >= 0.6 is 0 Å². The molecule has 150 valence electrons. The third-order valence-electron chi connectivity index (χ3n) is 6.35. The standard InChI is InChI=1S/C20H37N3O3/c1-19(2,3)20(4,5)15-16-14-17(24)23(18(16)25)9-7-21-6-8-22-10-12-26-13-11-22/h16,21H,6-15H2,1-5H3. The molecule has 0 aromatic rings. The summed E-state index contributed by atoms with van der Waals surface area (Å²) in [4.78, 5) is 28.8.